The van der Waals surface area contributed by atoms with Gasteiger partial charge in [0.15, 0.2) is 0 Å². The summed E-state index contributed by atoms with van der Waals surface area (Å²) in [5, 5.41) is 3.58. The lowest BCUT2D eigenvalue weighted by atomic mass is 10.1. The lowest BCUT2D eigenvalue weighted by Gasteiger charge is -2.29. The maximum absolute atomic E-state index is 13.1. The summed E-state index contributed by atoms with van der Waals surface area (Å²) in [7, 11) is 0. The molecule has 1 N–H and O–H groups in total. The molecule has 2 aromatic rings. The Kier molecular flexibility index (Phi) is 7.67. The van der Waals surface area contributed by atoms with Crippen LogP contribution in [0.5, 0.6) is 0 Å². The van der Waals surface area contributed by atoms with Crippen LogP contribution in [0.4, 0.5) is 0 Å². The molecule has 0 aromatic heterocycles. The summed E-state index contributed by atoms with van der Waals surface area (Å²) in [5.41, 5.74) is 1.85. The predicted octanol–water partition coefficient (Wildman–Crippen LogP) is 3.60. The van der Waals surface area contributed by atoms with Crippen molar-refractivity contribution >= 4 is 23.4 Å². The van der Waals surface area contributed by atoms with E-state index in [1.54, 1.807) is 24.0 Å². The first-order chi connectivity index (χ1) is 14.0. The molecule has 29 heavy (non-hydrogen) atoms. The molecule has 1 fully saturated rings. The van der Waals surface area contributed by atoms with Gasteiger partial charge < -0.3 is 15.0 Å². The number of benzene rings is 2. The molecule has 2 atom stereocenters. The summed E-state index contributed by atoms with van der Waals surface area (Å²) in [6.45, 7) is 3.33. The summed E-state index contributed by atoms with van der Waals surface area (Å²) in [4.78, 5) is 27.5. The summed E-state index contributed by atoms with van der Waals surface area (Å²) >= 11 is 5.98. The smallest absolute Gasteiger partial charge is 0.242 e. The minimum Gasteiger partial charge on any atom is -0.376 e. The van der Waals surface area contributed by atoms with Crippen molar-refractivity contribution < 1.29 is 14.3 Å². The molecule has 0 bridgehead atoms. The molecule has 154 valence electrons. The van der Waals surface area contributed by atoms with Crippen LogP contribution >= 0.6 is 11.6 Å². The van der Waals surface area contributed by atoms with Crippen molar-refractivity contribution in [1.82, 2.24) is 10.2 Å². The Morgan fingerprint density at radius 1 is 1.14 bits per heavy atom. The van der Waals surface area contributed by atoms with Gasteiger partial charge in [0.2, 0.25) is 11.8 Å². The van der Waals surface area contributed by atoms with Gasteiger partial charge >= 0.3 is 0 Å². The molecule has 6 heteroatoms. The van der Waals surface area contributed by atoms with Gasteiger partial charge in [-0.2, -0.15) is 0 Å². The van der Waals surface area contributed by atoms with Gasteiger partial charge in [0.25, 0.3) is 0 Å². The standard InChI is InChI=1S/C23H27ClN2O3/c1-17(23(28)25-15-21-8-5-13-29-21)26(16-19-9-11-20(24)12-10-19)22(27)14-18-6-3-2-4-7-18/h2-4,6-7,9-12,17,21H,5,8,13-16H2,1H3,(H,25,28)/t17-,21+/m1/s1. The first-order valence-electron chi connectivity index (χ1n) is 10.00. The number of carbonyl (C=O) groups is 2. The molecule has 5 nitrogen and oxygen atoms in total. The number of carbonyl (C=O) groups excluding carboxylic acids is 2. The van der Waals surface area contributed by atoms with Gasteiger partial charge in [0.05, 0.1) is 12.5 Å². The molecule has 0 radical (unpaired) electrons. The van der Waals surface area contributed by atoms with Gasteiger partial charge in [0, 0.05) is 24.7 Å². The predicted molar refractivity (Wildman–Crippen MR) is 114 cm³/mol. The number of rotatable bonds is 8. The molecule has 2 aromatic carbocycles. The molecule has 1 aliphatic heterocycles. The maximum atomic E-state index is 13.1. The molecule has 1 saturated heterocycles. The van der Waals surface area contributed by atoms with E-state index in [-0.39, 0.29) is 24.3 Å². The largest absolute Gasteiger partial charge is 0.376 e. The van der Waals surface area contributed by atoms with Gasteiger partial charge in [0.1, 0.15) is 6.04 Å². The average Bonchev–Trinajstić information content (AvgIpc) is 3.25. The first kappa shape index (κ1) is 21.3. The first-order valence-corrected chi connectivity index (χ1v) is 10.4. The van der Waals surface area contributed by atoms with E-state index in [1.165, 1.54) is 0 Å². The van der Waals surface area contributed by atoms with Crippen molar-refractivity contribution in [3.63, 3.8) is 0 Å². The zero-order valence-corrected chi connectivity index (χ0v) is 17.4. The third kappa shape index (κ3) is 6.31. The third-order valence-electron chi connectivity index (χ3n) is 5.16. The van der Waals surface area contributed by atoms with E-state index in [9.17, 15) is 9.59 Å². The number of hydrogen-bond acceptors (Lipinski definition) is 3. The Morgan fingerprint density at radius 2 is 1.86 bits per heavy atom. The van der Waals surface area contributed by atoms with Crippen LogP contribution in [0.15, 0.2) is 54.6 Å². The maximum Gasteiger partial charge on any atom is 0.242 e. The number of ether oxygens (including phenoxy) is 1. The minimum absolute atomic E-state index is 0.0656. The van der Waals surface area contributed by atoms with E-state index in [2.05, 4.69) is 5.32 Å². The van der Waals surface area contributed by atoms with Gasteiger partial charge in [-0.3, -0.25) is 9.59 Å². The van der Waals surface area contributed by atoms with E-state index >= 15 is 0 Å². The van der Waals surface area contributed by atoms with E-state index < -0.39 is 6.04 Å². The summed E-state index contributed by atoms with van der Waals surface area (Å²) in [6.07, 6.45) is 2.29. The number of nitrogens with zero attached hydrogens (tertiary/aromatic N) is 1. The lowest BCUT2D eigenvalue weighted by molar-refractivity contribution is -0.140. The fourth-order valence-electron chi connectivity index (χ4n) is 3.41. The Morgan fingerprint density at radius 3 is 2.52 bits per heavy atom. The molecule has 0 unspecified atom stereocenters. The monoisotopic (exact) mass is 414 g/mol. The Bertz CT molecular complexity index is 805. The Balaban J connectivity index is 1.70. The van der Waals surface area contributed by atoms with Crippen molar-refractivity contribution in [2.75, 3.05) is 13.2 Å². The van der Waals surface area contributed by atoms with Crippen molar-refractivity contribution in [2.24, 2.45) is 0 Å². The summed E-state index contributed by atoms with van der Waals surface area (Å²) in [6, 6.07) is 16.3. The number of hydrogen-bond donors (Lipinski definition) is 1. The highest BCUT2D eigenvalue weighted by Gasteiger charge is 2.27. The second-order valence-electron chi connectivity index (χ2n) is 7.37. The fourth-order valence-corrected chi connectivity index (χ4v) is 3.53. The van der Waals surface area contributed by atoms with Crippen LogP contribution in [0.25, 0.3) is 0 Å². The SMILES string of the molecule is C[C@H](C(=O)NC[C@@H]1CCCO1)N(Cc1ccc(Cl)cc1)C(=O)Cc1ccccc1. The normalized spacial score (nSPS) is 17.0. The van der Waals surface area contributed by atoms with E-state index in [0.717, 1.165) is 30.6 Å². The highest BCUT2D eigenvalue weighted by atomic mass is 35.5. The van der Waals surface area contributed by atoms with Gasteiger partial charge in [-0.05, 0) is 43.0 Å². The van der Waals surface area contributed by atoms with Gasteiger partial charge in [-0.1, -0.05) is 54.1 Å². The molecule has 3 rings (SSSR count). The molecule has 0 saturated carbocycles. The number of halogens is 1. The van der Waals surface area contributed by atoms with E-state index in [4.69, 9.17) is 16.3 Å². The van der Waals surface area contributed by atoms with Gasteiger partial charge in [-0.15, -0.1) is 0 Å². The van der Waals surface area contributed by atoms with Crippen molar-refractivity contribution in [3.05, 3.63) is 70.7 Å². The fraction of sp³-hybridized carbons (Fsp3) is 0.391. The van der Waals surface area contributed by atoms with Crippen molar-refractivity contribution in [1.29, 1.82) is 0 Å². The Labute approximate surface area is 177 Å². The van der Waals surface area contributed by atoms with Crippen LogP contribution < -0.4 is 5.32 Å². The van der Waals surface area contributed by atoms with E-state index in [1.807, 2.05) is 42.5 Å². The zero-order chi connectivity index (χ0) is 20.6. The summed E-state index contributed by atoms with van der Waals surface area (Å²) in [5.74, 6) is -0.262. The van der Waals surface area contributed by atoms with Crippen molar-refractivity contribution in [3.8, 4) is 0 Å². The zero-order valence-electron chi connectivity index (χ0n) is 16.6. The molecule has 2 amide bonds. The molecule has 1 heterocycles. The van der Waals surface area contributed by atoms with Crippen LogP contribution in [0, 0.1) is 0 Å². The second kappa shape index (κ2) is 10.4. The third-order valence-corrected chi connectivity index (χ3v) is 5.41. The van der Waals surface area contributed by atoms with Gasteiger partial charge in [-0.25, -0.2) is 0 Å². The second-order valence-corrected chi connectivity index (χ2v) is 7.80. The number of nitrogens with one attached hydrogen (secondary N) is 1. The van der Waals surface area contributed by atoms with Crippen LogP contribution in [0.3, 0.4) is 0 Å². The molecule has 0 spiro atoms. The Hall–Kier alpha value is -2.37. The van der Waals surface area contributed by atoms with Crippen LogP contribution in [-0.2, 0) is 27.3 Å². The highest BCUT2D eigenvalue weighted by molar-refractivity contribution is 6.30. The molecular formula is C23H27ClN2O3. The number of amides is 2. The summed E-state index contributed by atoms with van der Waals surface area (Å²) < 4.78 is 5.57. The van der Waals surface area contributed by atoms with Crippen LogP contribution in [0.1, 0.15) is 30.9 Å². The van der Waals surface area contributed by atoms with Crippen LogP contribution in [-0.4, -0.2) is 42.0 Å². The highest BCUT2D eigenvalue weighted by Crippen LogP contribution is 2.16. The average molecular weight is 415 g/mol. The molecule has 0 aliphatic carbocycles. The van der Waals surface area contributed by atoms with Crippen LogP contribution in [0.2, 0.25) is 5.02 Å². The van der Waals surface area contributed by atoms with E-state index in [0.29, 0.717) is 18.1 Å². The molecular weight excluding hydrogens is 388 g/mol. The minimum atomic E-state index is -0.594. The topological polar surface area (TPSA) is 58.6 Å². The quantitative estimate of drug-likeness (QED) is 0.718. The lowest BCUT2D eigenvalue weighted by Crippen LogP contribution is -2.49. The van der Waals surface area contributed by atoms with Crippen molar-refractivity contribution in [2.45, 2.75) is 44.9 Å². The molecule has 1 aliphatic rings.